The van der Waals surface area contributed by atoms with Gasteiger partial charge in [0, 0.05) is 17.1 Å². The third-order valence-electron chi connectivity index (χ3n) is 3.74. The molecule has 2 aromatic carbocycles. The van der Waals surface area contributed by atoms with Crippen LogP contribution < -0.4 is 5.32 Å². The van der Waals surface area contributed by atoms with Crippen molar-refractivity contribution in [2.24, 2.45) is 0 Å². The van der Waals surface area contributed by atoms with Gasteiger partial charge < -0.3 is 9.73 Å². The van der Waals surface area contributed by atoms with E-state index in [1.807, 2.05) is 57.2 Å². The van der Waals surface area contributed by atoms with Crippen LogP contribution >= 0.6 is 0 Å². The van der Waals surface area contributed by atoms with Crippen LogP contribution in [-0.2, 0) is 4.79 Å². The minimum absolute atomic E-state index is 0.171. The summed E-state index contributed by atoms with van der Waals surface area (Å²) in [6.45, 7) is 6.02. The minimum Gasteiger partial charge on any atom is -0.457 e. The van der Waals surface area contributed by atoms with Gasteiger partial charge in [0.2, 0.25) is 5.91 Å². The zero-order valence-electron chi connectivity index (χ0n) is 13.5. The van der Waals surface area contributed by atoms with Crippen molar-refractivity contribution >= 4 is 28.6 Å². The van der Waals surface area contributed by atoms with Crippen molar-refractivity contribution < 1.29 is 9.21 Å². The van der Waals surface area contributed by atoms with Gasteiger partial charge in [-0.15, -0.1) is 0 Å². The van der Waals surface area contributed by atoms with E-state index in [1.54, 1.807) is 6.08 Å². The normalized spacial score (nSPS) is 11.3. The molecule has 1 N–H and O–H groups in total. The summed E-state index contributed by atoms with van der Waals surface area (Å²) in [4.78, 5) is 12.1. The largest absolute Gasteiger partial charge is 0.457 e. The Labute approximate surface area is 135 Å². The van der Waals surface area contributed by atoms with Crippen LogP contribution in [0.4, 0.5) is 5.69 Å². The highest BCUT2D eigenvalue weighted by molar-refractivity contribution is 6.02. The Balaban J connectivity index is 1.75. The van der Waals surface area contributed by atoms with Crippen LogP contribution in [0.25, 0.3) is 17.0 Å². The summed E-state index contributed by atoms with van der Waals surface area (Å²) in [6.07, 6.45) is 3.18. The number of carbonyl (C=O) groups is 1. The van der Waals surface area contributed by atoms with Crippen LogP contribution in [0.3, 0.4) is 0 Å². The first-order valence-electron chi connectivity index (χ1n) is 7.58. The molecule has 3 aromatic rings. The summed E-state index contributed by atoms with van der Waals surface area (Å²) in [6, 6.07) is 13.9. The van der Waals surface area contributed by atoms with Crippen LogP contribution in [0, 0.1) is 20.8 Å². The molecule has 116 valence electrons. The van der Waals surface area contributed by atoms with Crippen LogP contribution in [0.5, 0.6) is 0 Å². The van der Waals surface area contributed by atoms with Crippen LogP contribution in [0.15, 0.2) is 53.0 Å². The fourth-order valence-corrected chi connectivity index (χ4v) is 2.47. The Morgan fingerprint density at radius 1 is 1.00 bits per heavy atom. The Kier molecular flexibility index (Phi) is 4.02. The predicted octanol–water partition coefficient (Wildman–Crippen LogP) is 5.01. The highest BCUT2D eigenvalue weighted by Crippen LogP contribution is 2.21. The number of hydrogen-bond donors (Lipinski definition) is 1. The van der Waals surface area contributed by atoms with Crippen molar-refractivity contribution in [3.63, 3.8) is 0 Å². The van der Waals surface area contributed by atoms with Crippen molar-refractivity contribution in [1.82, 2.24) is 0 Å². The van der Waals surface area contributed by atoms with Gasteiger partial charge in [-0.3, -0.25) is 4.79 Å². The van der Waals surface area contributed by atoms with Gasteiger partial charge in [-0.25, -0.2) is 0 Å². The predicted molar refractivity (Wildman–Crippen MR) is 94.5 cm³/mol. The van der Waals surface area contributed by atoms with Gasteiger partial charge in [-0.05, 0) is 62.2 Å². The molecule has 1 amide bonds. The molecule has 0 aliphatic heterocycles. The van der Waals surface area contributed by atoms with E-state index in [4.69, 9.17) is 4.42 Å². The molecule has 0 aliphatic carbocycles. The maximum absolute atomic E-state index is 12.1. The minimum atomic E-state index is -0.171. The lowest BCUT2D eigenvalue weighted by atomic mass is 10.1. The highest BCUT2D eigenvalue weighted by Gasteiger charge is 2.04. The van der Waals surface area contributed by atoms with Crippen LogP contribution in [0.1, 0.15) is 22.5 Å². The van der Waals surface area contributed by atoms with Crippen molar-refractivity contribution in [1.29, 1.82) is 0 Å². The SMILES string of the molecule is Cc1ccc(C)c(NC(=O)/C=C/c2cc3cc(C)ccc3o2)c1. The number of anilines is 1. The van der Waals surface area contributed by atoms with Gasteiger partial charge >= 0.3 is 0 Å². The maximum atomic E-state index is 12.1. The van der Waals surface area contributed by atoms with E-state index in [2.05, 4.69) is 11.4 Å². The van der Waals surface area contributed by atoms with E-state index in [0.717, 1.165) is 27.8 Å². The topological polar surface area (TPSA) is 42.2 Å². The molecule has 1 aromatic heterocycles. The highest BCUT2D eigenvalue weighted by atomic mass is 16.3. The van der Waals surface area contributed by atoms with Crippen molar-refractivity contribution in [2.75, 3.05) is 5.32 Å². The molecular weight excluding hydrogens is 286 g/mol. The average Bonchev–Trinajstić information content (AvgIpc) is 2.91. The van der Waals surface area contributed by atoms with Gasteiger partial charge in [-0.1, -0.05) is 23.8 Å². The molecule has 1 heterocycles. The standard InChI is InChI=1S/C20H19NO2/c1-13-5-8-19-16(10-13)12-17(23-19)7-9-20(22)21-18-11-14(2)4-6-15(18)3/h4-12H,1-3H3,(H,21,22)/b9-7+. The molecule has 0 saturated heterocycles. The summed E-state index contributed by atoms with van der Waals surface area (Å²) in [7, 11) is 0. The van der Waals surface area contributed by atoms with Crippen LogP contribution in [0.2, 0.25) is 0 Å². The molecular formula is C20H19NO2. The fourth-order valence-electron chi connectivity index (χ4n) is 2.47. The first-order chi connectivity index (χ1) is 11.0. The molecule has 0 saturated carbocycles. The number of benzene rings is 2. The first-order valence-corrected chi connectivity index (χ1v) is 7.58. The summed E-state index contributed by atoms with van der Waals surface area (Å²) < 4.78 is 5.70. The fraction of sp³-hybridized carbons (Fsp3) is 0.150. The quantitative estimate of drug-likeness (QED) is 0.691. The number of rotatable bonds is 3. The molecule has 23 heavy (non-hydrogen) atoms. The van der Waals surface area contributed by atoms with Gasteiger partial charge in [-0.2, -0.15) is 0 Å². The second-order valence-corrected chi connectivity index (χ2v) is 5.83. The molecule has 0 unspecified atom stereocenters. The zero-order valence-corrected chi connectivity index (χ0v) is 13.5. The molecule has 3 heteroatoms. The van der Waals surface area contributed by atoms with E-state index < -0.39 is 0 Å². The number of aryl methyl sites for hydroxylation is 3. The molecule has 0 atom stereocenters. The zero-order chi connectivity index (χ0) is 16.4. The molecule has 0 aliphatic rings. The Morgan fingerprint density at radius 2 is 1.74 bits per heavy atom. The third-order valence-corrected chi connectivity index (χ3v) is 3.74. The number of hydrogen-bond acceptors (Lipinski definition) is 2. The van der Waals surface area contributed by atoms with Crippen molar-refractivity contribution in [3.8, 4) is 0 Å². The first kappa shape index (κ1) is 15.1. The van der Waals surface area contributed by atoms with E-state index in [-0.39, 0.29) is 5.91 Å². The number of carbonyl (C=O) groups excluding carboxylic acids is 1. The lowest BCUT2D eigenvalue weighted by Gasteiger charge is -2.07. The smallest absolute Gasteiger partial charge is 0.248 e. The lowest BCUT2D eigenvalue weighted by molar-refractivity contribution is -0.111. The van der Waals surface area contributed by atoms with Gasteiger partial charge in [0.05, 0.1) is 0 Å². The number of amides is 1. The molecule has 0 fully saturated rings. The van der Waals surface area contributed by atoms with Gasteiger partial charge in [0.15, 0.2) is 0 Å². The monoisotopic (exact) mass is 305 g/mol. The summed E-state index contributed by atoms with van der Waals surface area (Å²) in [5.41, 5.74) is 4.99. The number of nitrogens with one attached hydrogen (secondary N) is 1. The summed E-state index contributed by atoms with van der Waals surface area (Å²) in [5, 5.41) is 3.94. The molecule has 3 rings (SSSR count). The second kappa shape index (κ2) is 6.13. The Morgan fingerprint density at radius 3 is 2.57 bits per heavy atom. The summed E-state index contributed by atoms with van der Waals surface area (Å²) in [5.74, 6) is 0.497. The number of furan rings is 1. The Hall–Kier alpha value is -2.81. The van der Waals surface area contributed by atoms with Gasteiger partial charge in [0.1, 0.15) is 11.3 Å². The average molecular weight is 305 g/mol. The van der Waals surface area contributed by atoms with E-state index in [0.29, 0.717) is 5.76 Å². The number of fused-ring (bicyclic) bond motifs is 1. The summed E-state index contributed by atoms with van der Waals surface area (Å²) >= 11 is 0. The molecule has 0 radical (unpaired) electrons. The van der Waals surface area contributed by atoms with E-state index >= 15 is 0 Å². The van der Waals surface area contributed by atoms with Crippen LogP contribution in [-0.4, -0.2) is 5.91 Å². The van der Waals surface area contributed by atoms with Gasteiger partial charge in [0.25, 0.3) is 0 Å². The van der Waals surface area contributed by atoms with E-state index in [9.17, 15) is 4.79 Å². The maximum Gasteiger partial charge on any atom is 0.248 e. The third kappa shape index (κ3) is 3.51. The lowest BCUT2D eigenvalue weighted by Crippen LogP contribution is -2.09. The van der Waals surface area contributed by atoms with Crippen molar-refractivity contribution in [3.05, 3.63) is 71.0 Å². The molecule has 0 bridgehead atoms. The van der Waals surface area contributed by atoms with Crippen molar-refractivity contribution in [2.45, 2.75) is 20.8 Å². The Bertz CT molecular complexity index is 903. The molecule has 3 nitrogen and oxygen atoms in total. The van der Waals surface area contributed by atoms with E-state index in [1.165, 1.54) is 11.6 Å². The molecule has 0 spiro atoms. The second-order valence-electron chi connectivity index (χ2n) is 5.83.